The van der Waals surface area contributed by atoms with Crippen LogP contribution in [-0.2, 0) is 13.0 Å². The lowest BCUT2D eigenvalue weighted by molar-refractivity contribution is 0.943. The molecular weight excluding hydrogens is 162 g/mol. The van der Waals surface area contributed by atoms with E-state index in [0.29, 0.717) is 6.54 Å². The zero-order valence-corrected chi connectivity index (χ0v) is 7.70. The Morgan fingerprint density at radius 3 is 3.00 bits per heavy atom. The maximum atomic E-state index is 5.62. The van der Waals surface area contributed by atoms with Crippen LogP contribution in [0.3, 0.4) is 0 Å². The third kappa shape index (κ3) is 1.31. The summed E-state index contributed by atoms with van der Waals surface area (Å²) in [5, 5.41) is 0. The molecule has 0 spiro atoms. The van der Waals surface area contributed by atoms with Gasteiger partial charge in [-0.1, -0.05) is 13.0 Å². The molecule has 2 heterocycles. The van der Waals surface area contributed by atoms with Crippen LogP contribution < -0.4 is 5.73 Å². The number of nitrogens with two attached hydrogens (primary N) is 1. The van der Waals surface area contributed by atoms with E-state index in [-0.39, 0.29) is 0 Å². The summed E-state index contributed by atoms with van der Waals surface area (Å²) in [6.07, 6.45) is 3.02. The summed E-state index contributed by atoms with van der Waals surface area (Å²) in [7, 11) is 0. The highest BCUT2D eigenvalue weighted by Gasteiger charge is 2.01. The molecule has 0 bridgehead atoms. The normalized spacial score (nSPS) is 10.9. The monoisotopic (exact) mass is 175 g/mol. The molecular formula is C10H13N3. The molecule has 2 rings (SSSR count). The number of rotatable bonds is 2. The molecule has 3 heteroatoms. The van der Waals surface area contributed by atoms with Gasteiger partial charge in [-0.25, -0.2) is 4.98 Å². The topological polar surface area (TPSA) is 43.3 Å². The highest BCUT2D eigenvalue weighted by atomic mass is 15.0. The van der Waals surface area contributed by atoms with E-state index in [2.05, 4.69) is 22.5 Å². The number of aryl methyl sites for hydroxylation is 1. The smallest absolute Gasteiger partial charge is 0.137 e. The first kappa shape index (κ1) is 8.26. The first-order valence-electron chi connectivity index (χ1n) is 4.51. The molecule has 3 nitrogen and oxygen atoms in total. The van der Waals surface area contributed by atoms with Gasteiger partial charge in [-0.05, 0) is 18.6 Å². The summed E-state index contributed by atoms with van der Waals surface area (Å²) >= 11 is 0. The van der Waals surface area contributed by atoms with E-state index in [1.807, 2.05) is 18.2 Å². The number of fused-ring (bicyclic) bond motifs is 1. The van der Waals surface area contributed by atoms with Gasteiger partial charge in [0.2, 0.25) is 0 Å². The van der Waals surface area contributed by atoms with Crippen molar-refractivity contribution < 1.29 is 0 Å². The number of aromatic nitrogens is 2. The van der Waals surface area contributed by atoms with Crippen molar-refractivity contribution in [3.05, 3.63) is 35.8 Å². The quantitative estimate of drug-likeness (QED) is 0.748. The van der Waals surface area contributed by atoms with E-state index >= 15 is 0 Å². The van der Waals surface area contributed by atoms with Crippen molar-refractivity contribution in [2.45, 2.75) is 19.9 Å². The van der Waals surface area contributed by atoms with Crippen LogP contribution in [0.1, 0.15) is 18.3 Å². The minimum Gasteiger partial charge on any atom is -0.325 e. The maximum Gasteiger partial charge on any atom is 0.137 e. The Labute approximate surface area is 77.2 Å². The standard InChI is InChI=1S/C10H13N3/c1-2-8-7-13-9(6-11)4-3-5-10(13)12-8/h3-5,7H,2,6,11H2,1H3. The summed E-state index contributed by atoms with van der Waals surface area (Å²) in [6.45, 7) is 2.65. The lowest BCUT2D eigenvalue weighted by Crippen LogP contribution is -2.02. The molecule has 0 radical (unpaired) electrons. The van der Waals surface area contributed by atoms with Gasteiger partial charge in [-0.3, -0.25) is 0 Å². The molecule has 0 saturated carbocycles. The summed E-state index contributed by atoms with van der Waals surface area (Å²) in [5.41, 5.74) is 8.82. The fourth-order valence-corrected chi connectivity index (χ4v) is 1.45. The van der Waals surface area contributed by atoms with E-state index in [0.717, 1.165) is 23.5 Å². The van der Waals surface area contributed by atoms with Gasteiger partial charge in [0, 0.05) is 18.4 Å². The van der Waals surface area contributed by atoms with Crippen LogP contribution >= 0.6 is 0 Å². The van der Waals surface area contributed by atoms with Crippen molar-refractivity contribution in [3.8, 4) is 0 Å². The minimum absolute atomic E-state index is 0.552. The van der Waals surface area contributed by atoms with Crippen LogP contribution in [-0.4, -0.2) is 9.38 Å². The van der Waals surface area contributed by atoms with Gasteiger partial charge in [-0.15, -0.1) is 0 Å². The maximum absolute atomic E-state index is 5.62. The summed E-state index contributed by atoms with van der Waals surface area (Å²) in [4.78, 5) is 4.45. The largest absolute Gasteiger partial charge is 0.325 e. The van der Waals surface area contributed by atoms with Crippen molar-refractivity contribution in [3.63, 3.8) is 0 Å². The molecule has 0 aliphatic rings. The second kappa shape index (κ2) is 3.18. The average Bonchev–Trinajstić information content (AvgIpc) is 2.59. The molecule has 0 fully saturated rings. The molecule has 0 atom stereocenters. The fraction of sp³-hybridized carbons (Fsp3) is 0.300. The molecule has 0 amide bonds. The molecule has 2 aromatic rings. The van der Waals surface area contributed by atoms with Gasteiger partial charge >= 0.3 is 0 Å². The van der Waals surface area contributed by atoms with Crippen molar-refractivity contribution in [1.29, 1.82) is 0 Å². The number of nitrogens with zero attached hydrogens (tertiary/aromatic N) is 2. The van der Waals surface area contributed by atoms with Crippen LogP contribution in [0.4, 0.5) is 0 Å². The van der Waals surface area contributed by atoms with E-state index in [1.54, 1.807) is 0 Å². The first-order valence-corrected chi connectivity index (χ1v) is 4.51. The van der Waals surface area contributed by atoms with E-state index in [1.165, 1.54) is 0 Å². The highest BCUT2D eigenvalue weighted by molar-refractivity contribution is 5.41. The molecule has 2 aromatic heterocycles. The van der Waals surface area contributed by atoms with Crippen LogP contribution in [0.2, 0.25) is 0 Å². The van der Waals surface area contributed by atoms with Crippen molar-refractivity contribution in [2.75, 3.05) is 0 Å². The number of hydrogen-bond acceptors (Lipinski definition) is 2. The molecule has 68 valence electrons. The molecule has 0 saturated heterocycles. The van der Waals surface area contributed by atoms with Gasteiger partial charge in [0.25, 0.3) is 0 Å². The number of hydrogen-bond donors (Lipinski definition) is 1. The second-order valence-corrected chi connectivity index (χ2v) is 3.04. The lowest BCUT2D eigenvalue weighted by atomic mass is 10.3. The number of imidazole rings is 1. The van der Waals surface area contributed by atoms with E-state index in [9.17, 15) is 0 Å². The Balaban J connectivity index is 2.67. The molecule has 13 heavy (non-hydrogen) atoms. The van der Waals surface area contributed by atoms with Crippen molar-refractivity contribution >= 4 is 5.65 Å². The van der Waals surface area contributed by atoms with E-state index in [4.69, 9.17) is 5.73 Å². The Bertz CT molecular complexity index is 417. The Morgan fingerprint density at radius 2 is 2.31 bits per heavy atom. The van der Waals surface area contributed by atoms with Gasteiger partial charge in [-0.2, -0.15) is 0 Å². The van der Waals surface area contributed by atoms with Gasteiger partial charge in [0.05, 0.1) is 5.69 Å². The zero-order chi connectivity index (χ0) is 9.26. The Morgan fingerprint density at radius 1 is 1.46 bits per heavy atom. The molecule has 0 aromatic carbocycles. The van der Waals surface area contributed by atoms with Gasteiger partial charge in [0.1, 0.15) is 5.65 Å². The molecule has 0 aliphatic heterocycles. The van der Waals surface area contributed by atoms with Crippen LogP contribution in [0, 0.1) is 0 Å². The average molecular weight is 175 g/mol. The zero-order valence-electron chi connectivity index (χ0n) is 7.70. The second-order valence-electron chi connectivity index (χ2n) is 3.04. The van der Waals surface area contributed by atoms with Crippen molar-refractivity contribution in [1.82, 2.24) is 9.38 Å². The third-order valence-electron chi connectivity index (χ3n) is 2.20. The van der Waals surface area contributed by atoms with Crippen LogP contribution in [0.25, 0.3) is 5.65 Å². The first-order chi connectivity index (χ1) is 6.35. The predicted molar refractivity (Wildman–Crippen MR) is 52.5 cm³/mol. The molecule has 0 aliphatic carbocycles. The fourth-order valence-electron chi connectivity index (χ4n) is 1.45. The molecule has 0 unspecified atom stereocenters. The van der Waals surface area contributed by atoms with Crippen LogP contribution in [0.5, 0.6) is 0 Å². The minimum atomic E-state index is 0.552. The summed E-state index contributed by atoms with van der Waals surface area (Å²) in [6, 6.07) is 6.01. The van der Waals surface area contributed by atoms with Gasteiger partial charge in [0.15, 0.2) is 0 Å². The highest BCUT2D eigenvalue weighted by Crippen LogP contribution is 2.08. The SMILES string of the molecule is CCc1cn2c(CN)cccc2n1. The molecule has 2 N–H and O–H groups in total. The Kier molecular flexibility index (Phi) is 2.02. The summed E-state index contributed by atoms with van der Waals surface area (Å²) in [5.74, 6) is 0. The van der Waals surface area contributed by atoms with Crippen molar-refractivity contribution in [2.24, 2.45) is 5.73 Å². The third-order valence-corrected chi connectivity index (χ3v) is 2.20. The Hall–Kier alpha value is -1.35. The number of pyridine rings is 1. The van der Waals surface area contributed by atoms with E-state index < -0.39 is 0 Å². The lowest BCUT2D eigenvalue weighted by Gasteiger charge is -1.99. The predicted octanol–water partition coefficient (Wildman–Crippen LogP) is 1.36. The van der Waals surface area contributed by atoms with Crippen LogP contribution in [0.15, 0.2) is 24.4 Å². The van der Waals surface area contributed by atoms with Gasteiger partial charge < -0.3 is 10.1 Å². The summed E-state index contributed by atoms with van der Waals surface area (Å²) < 4.78 is 2.05.